The molecule has 0 aliphatic carbocycles. The quantitative estimate of drug-likeness (QED) is 0.506. The Bertz CT molecular complexity index is 1150. The number of carbonyl (C=O) groups is 3. The van der Waals surface area contributed by atoms with Crippen LogP contribution in [-0.4, -0.2) is 45.8 Å². The number of esters is 1. The number of amides is 2. The lowest BCUT2D eigenvalue weighted by molar-refractivity contribution is -0.143. The van der Waals surface area contributed by atoms with E-state index in [1.54, 1.807) is 48.5 Å². The maximum Gasteiger partial charge on any atom is 0.306 e. The monoisotopic (exact) mass is 391 g/mol. The summed E-state index contributed by atoms with van der Waals surface area (Å²) in [5, 5.41) is 0.486. The lowest BCUT2D eigenvalue weighted by atomic mass is 10.1. The number of hydrogen-bond donors (Lipinski definition) is 1. The summed E-state index contributed by atoms with van der Waals surface area (Å²) in [6.45, 7) is -0.102. The molecule has 1 aliphatic heterocycles. The number of fused-ring (bicyclic) bond motifs is 2. The van der Waals surface area contributed by atoms with Crippen molar-refractivity contribution < 1.29 is 19.1 Å². The van der Waals surface area contributed by atoms with Crippen molar-refractivity contribution in [1.29, 1.82) is 0 Å². The predicted molar refractivity (Wildman–Crippen MR) is 103 cm³/mol. The van der Waals surface area contributed by atoms with Gasteiger partial charge in [0, 0.05) is 6.42 Å². The molecule has 4 rings (SSSR count). The summed E-state index contributed by atoms with van der Waals surface area (Å²) in [6, 6.07) is 13.5. The van der Waals surface area contributed by atoms with E-state index in [4.69, 9.17) is 4.74 Å². The molecular formula is C21H17N3O5. The van der Waals surface area contributed by atoms with E-state index in [-0.39, 0.29) is 43.4 Å². The van der Waals surface area contributed by atoms with Gasteiger partial charge in [0.25, 0.3) is 17.4 Å². The molecular weight excluding hydrogens is 374 g/mol. The minimum absolute atomic E-state index is 0.0108. The van der Waals surface area contributed by atoms with E-state index in [9.17, 15) is 19.2 Å². The van der Waals surface area contributed by atoms with Crippen molar-refractivity contribution in [3.05, 3.63) is 75.8 Å². The van der Waals surface area contributed by atoms with E-state index in [0.717, 1.165) is 4.90 Å². The molecule has 2 aromatic carbocycles. The molecule has 0 saturated heterocycles. The van der Waals surface area contributed by atoms with Crippen LogP contribution in [0.25, 0.3) is 10.9 Å². The number of aromatic amines is 1. The Labute approximate surface area is 165 Å². The highest BCUT2D eigenvalue weighted by atomic mass is 16.5. The van der Waals surface area contributed by atoms with Crippen LogP contribution in [0.4, 0.5) is 0 Å². The van der Waals surface area contributed by atoms with Crippen LogP contribution in [0.3, 0.4) is 0 Å². The van der Waals surface area contributed by atoms with Gasteiger partial charge in [0.15, 0.2) is 0 Å². The topological polar surface area (TPSA) is 109 Å². The molecule has 8 nitrogen and oxygen atoms in total. The fourth-order valence-corrected chi connectivity index (χ4v) is 3.24. The van der Waals surface area contributed by atoms with Crippen LogP contribution in [0, 0.1) is 0 Å². The van der Waals surface area contributed by atoms with Gasteiger partial charge in [-0.1, -0.05) is 24.3 Å². The predicted octanol–water partition coefficient (Wildman–Crippen LogP) is 1.70. The van der Waals surface area contributed by atoms with Gasteiger partial charge in [0.1, 0.15) is 12.4 Å². The Morgan fingerprint density at radius 1 is 0.966 bits per heavy atom. The molecule has 1 aliphatic rings. The zero-order chi connectivity index (χ0) is 20.4. The number of imide groups is 1. The molecule has 0 fully saturated rings. The lowest BCUT2D eigenvalue weighted by Crippen LogP contribution is -2.33. The average molecular weight is 391 g/mol. The molecule has 0 saturated carbocycles. The molecule has 2 heterocycles. The van der Waals surface area contributed by atoms with Crippen LogP contribution in [-0.2, 0) is 16.0 Å². The van der Waals surface area contributed by atoms with Crippen molar-refractivity contribution >= 4 is 28.7 Å². The van der Waals surface area contributed by atoms with Gasteiger partial charge in [0.2, 0.25) is 0 Å². The zero-order valence-corrected chi connectivity index (χ0v) is 15.4. The van der Waals surface area contributed by atoms with Crippen LogP contribution in [0.2, 0.25) is 0 Å². The maximum absolute atomic E-state index is 12.3. The molecule has 2 amide bonds. The number of nitrogens with one attached hydrogen (secondary N) is 1. The Morgan fingerprint density at radius 3 is 2.34 bits per heavy atom. The summed E-state index contributed by atoms with van der Waals surface area (Å²) >= 11 is 0. The van der Waals surface area contributed by atoms with E-state index in [0.29, 0.717) is 27.9 Å². The highest BCUT2D eigenvalue weighted by molar-refractivity contribution is 6.21. The van der Waals surface area contributed by atoms with Crippen LogP contribution in [0.5, 0.6) is 0 Å². The summed E-state index contributed by atoms with van der Waals surface area (Å²) in [6.07, 6.45) is 0.231. The van der Waals surface area contributed by atoms with Crippen molar-refractivity contribution in [3.8, 4) is 0 Å². The number of aromatic nitrogens is 2. The van der Waals surface area contributed by atoms with Crippen molar-refractivity contribution in [2.75, 3.05) is 13.2 Å². The van der Waals surface area contributed by atoms with Crippen molar-refractivity contribution in [1.82, 2.24) is 14.9 Å². The molecule has 1 aromatic heterocycles. The van der Waals surface area contributed by atoms with Gasteiger partial charge in [-0.2, -0.15) is 0 Å². The number of para-hydroxylation sites is 1. The smallest absolute Gasteiger partial charge is 0.306 e. The van der Waals surface area contributed by atoms with Gasteiger partial charge in [0.05, 0.1) is 35.0 Å². The summed E-state index contributed by atoms with van der Waals surface area (Å²) in [7, 11) is 0. The summed E-state index contributed by atoms with van der Waals surface area (Å²) in [4.78, 5) is 56.6. The fraction of sp³-hybridized carbons (Fsp3) is 0.190. The van der Waals surface area contributed by atoms with E-state index in [2.05, 4.69) is 9.97 Å². The Morgan fingerprint density at radius 2 is 1.62 bits per heavy atom. The lowest BCUT2D eigenvalue weighted by Gasteiger charge is -2.13. The highest BCUT2D eigenvalue weighted by Gasteiger charge is 2.34. The van der Waals surface area contributed by atoms with Gasteiger partial charge >= 0.3 is 5.97 Å². The van der Waals surface area contributed by atoms with Crippen LogP contribution >= 0.6 is 0 Å². The first-order valence-corrected chi connectivity index (χ1v) is 9.13. The third kappa shape index (κ3) is 3.64. The molecule has 146 valence electrons. The number of nitrogens with zero attached hydrogens (tertiary/aromatic N) is 2. The second kappa shape index (κ2) is 7.67. The molecule has 8 heteroatoms. The number of hydrogen-bond acceptors (Lipinski definition) is 6. The summed E-state index contributed by atoms with van der Waals surface area (Å²) < 4.78 is 5.13. The fourth-order valence-electron chi connectivity index (χ4n) is 3.24. The molecule has 29 heavy (non-hydrogen) atoms. The van der Waals surface area contributed by atoms with Crippen molar-refractivity contribution in [2.24, 2.45) is 0 Å². The van der Waals surface area contributed by atoms with Gasteiger partial charge in [-0.15, -0.1) is 0 Å². The Hall–Kier alpha value is -3.81. The van der Waals surface area contributed by atoms with Crippen molar-refractivity contribution in [3.63, 3.8) is 0 Å². The van der Waals surface area contributed by atoms with Gasteiger partial charge in [-0.25, -0.2) is 4.98 Å². The molecule has 0 unspecified atom stereocenters. The zero-order valence-electron chi connectivity index (χ0n) is 15.4. The Kier molecular flexibility index (Phi) is 4.90. The third-order valence-corrected chi connectivity index (χ3v) is 4.68. The molecule has 0 bridgehead atoms. The summed E-state index contributed by atoms with van der Waals surface area (Å²) in [5.41, 5.74) is 1.01. The maximum atomic E-state index is 12.3. The molecule has 3 aromatic rings. The van der Waals surface area contributed by atoms with Gasteiger partial charge in [-0.3, -0.25) is 24.1 Å². The minimum Gasteiger partial charge on any atom is -0.464 e. The number of ether oxygens (including phenoxy) is 1. The van der Waals surface area contributed by atoms with Crippen LogP contribution in [0.15, 0.2) is 53.3 Å². The SMILES string of the molecule is O=C(CCc1nc2ccccc2c(=O)[nH]1)OCCN1C(=O)c2ccccc2C1=O. The second-order valence-corrected chi connectivity index (χ2v) is 6.56. The van der Waals surface area contributed by atoms with Crippen LogP contribution < -0.4 is 5.56 Å². The number of rotatable bonds is 6. The van der Waals surface area contributed by atoms with E-state index in [1.807, 2.05) is 0 Å². The largest absolute Gasteiger partial charge is 0.464 e. The Balaban J connectivity index is 1.30. The standard InChI is InChI=1S/C21H17N3O5/c25-18(10-9-17-22-16-8-4-3-7-15(16)19(26)23-17)29-12-11-24-20(27)13-5-1-2-6-14(13)21(24)28/h1-8H,9-12H2,(H,22,23,26). The number of H-pyrrole nitrogens is 1. The number of benzene rings is 2. The van der Waals surface area contributed by atoms with E-state index < -0.39 is 5.97 Å². The van der Waals surface area contributed by atoms with Gasteiger partial charge in [-0.05, 0) is 24.3 Å². The molecule has 0 spiro atoms. The number of aryl methyl sites for hydroxylation is 1. The summed E-state index contributed by atoms with van der Waals surface area (Å²) in [5.74, 6) is -0.886. The van der Waals surface area contributed by atoms with Gasteiger partial charge < -0.3 is 9.72 Å². The average Bonchev–Trinajstić information content (AvgIpc) is 2.97. The second-order valence-electron chi connectivity index (χ2n) is 6.56. The number of carbonyl (C=O) groups excluding carboxylic acids is 3. The normalized spacial score (nSPS) is 13.0. The first-order valence-electron chi connectivity index (χ1n) is 9.13. The first kappa shape index (κ1) is 18.5. The molecule has 0 atom stereocenters. The minimum atomic E-state index is -0.502. The molecule has 1 N–H and O–H groups in total. The van der Waals surface area contributed by atoms with Crippen molar-refractivity contribution in [2.45, 2.75) is 12.8 Å². The van der Waals surface area contributed by atoms with E-state index in [1.165, 1.54) is 0 Å². The van der Waals surface area contributed by atoms with E-state index >= 15 is 0 Å². The highest BCUT2D eigenvalue weighted by Crippen LogP contribution is 2.21. The first-order chi connectivity index (χ1) is 14.0. The molecule has 0 radical (unpaired) electrons. The van der Waals surface area contributed by atoms with Crippen LogP contribution in [0.1, 0.15) is 33.0 Å². The third-order valence-electron chi connectivity index (χ3n) is 4.68.